The van der Waals surface area contributed by atoms with Crippen LogP contribution in [0.5, 0.6) is 0 Å². The quantitative estimate of drug-likeness (QED) is 0.569. The number of hydrogen-bond donors (Lipinski definition) is 1. The van der Waals surface area contributed by atoms with Crippen molar-refractivity contribution < 1.29 is 32.6 Å². The van der Waals surface area contributed by atoms with Crippen LogP contribution in [0.4, 0.5) is 8.78 Å². The minimum Gasteiger partial charge on any atom is -0.467 e. The minimum absolute atomic E-state index is 0.0979. The Hall–Kier alpha value is -3.11. The van der Waals surface area contributed by atoms with Crippen LogP contribution in [0.3, 0.4) is 0 Å². The summed E-state index contributed by atoms with van der Waals surface area (Å²) >= 11 is 1.57. The number of carbonyl (C=O) groups excluding carboxylic acids is 3. The van der Waals surface area contributed by atoms with Gasteiger partial charge in [0, 0.05) is 38.7 Å². The van der Waals surface area contributed by atoms with Gasteiger partial charge in [-0.05, 0) is 18.2 Å². The highest BCUT2D eigenvalue weighted by molar-refractivity contribution is 7.25. The molecule has 0 spiro atoms. The average Bonchev–Trinajstić information content (AvgIpc) is 3.37. The molecule has 0 saturated carbocycles. The van der Waals surface area contributed by atoms with Gasteiger partial charge in [0.1, 0.15) is 6.04 Å². The molecule has 3 aromatic rings. The normalized spacial score (nSPS) is 18.4. The van der Waals surface area contributed by atoms with Gasteiger partial charge in [-0.25, -0.2) is 4.79 Å². The first-order valence-corrected chi connectivity index (χ1v) is 10.7. The number of thiophene rings is 1. The molecule has 2 aromatic carbocycles. The predicted molar refractivity (Wildman–Crippen MR) is 115 cm³/mol. The van der Waals surface area contributed by atoms with Gasteiger partial charge in [0.25, 0.3) is 5.91 Å². The predicted octanol–water partition coefficient (Wildman–Crippen LogP) is 3.17. The van der Waals surface area contributed by atoms with E-state index in [1.54, 1.807) is 23.5 Å². The standard InChI is InChI=1S/C22H20F2N2O5S/c1-30-21(29)16-9-13(31-22(23)24)11-26(16)19(27)10-25-20(28)12-6-7-15-14-4-2-3-5-17(14)32-18(15)8-12/h2-8,13,16,22H,9-11H2,1H3,(H,25,28)/t13-,16+/m1/s1. The highest BCUT2D eigenvalue weighted by Crippen LogP contribution is 2.34. The smallest absolute Gasteiger partial charge is 0.345 e. The Labute approximate surface area is 185 Å². The van der Waals surface area contributed by atoms with Crippen LogP contribution in [0.15, 0.2) is 42.5 Å². The van der Waals surface area contributed by atoms with Crippen LogP contribution in [0.2, 0.25) is 0 Å². The second-order valence-corrected chi connectivity index (χ2v) is 8.42. The van der Waals surface area contributed by atoms with Crippen LogP contribution in [0.25, 0.3) is 20.2 Å². The van der Waals surface area contributed by atoms with E-state index in [0.717, 1.165) is 32.2 Å². The Morgan fingerprint density at radius 3 is 2.66 bits per heavy atom. The fourth-order valence-corrected chi connectivity index (χ4v) is 5.05. The third-order valence-electron chi connectivity index (χ3n) is 5.39. The van der Waals surface area contributed by atoms with Crippen LogP contribution in [-0.2, 0) is 19.1 Å². The van der Waals surface area contributed by atoms with E-state index in [1.807, 2.05) is 30.3 Å². The molecule has 0 radical (unpaired) electrons. The van der Waals surface area contributed by atoms with Crippen LogP contribution in [-0.4, -0.2) is 61.6 Å². The first-order valence-electron chi connectivity index (χ1n) is 9.87. The van der Waals surface area contributed by atoms with Crippen molar-refractivity contribution >= 4 is 49.3 Å². The van der Waals surface area contributed by atoms with Gasteiger partial charge in [0.15, 0.2) is 0 Å². The topological polar surface area (TPSA) is 84.9 Å². The number of benzene rings is 2. The van der Waals surface area contributed by atoms with E-state index >= 15 is 0 Å². The van der Waals surface area contributed by atoms with Crippen molar-refractivity contribution in [3.63, 3.8) is 0 Å². The van der Waals surface area contributed by atoms with Gasteiger partial charge in [-0.3, -0.25) is 9.59 Å². The van der Waals surface area contributed by atoms with Gasteiger partial charge in [0.05, 0.1) is 19.8 Å². The van der Waals surface area contributed by atoms with Crippen molar-refractivity contribution in [1.82, 2.24) is 10.2 Å². The van der Waals surface area contributed by atoms with Gasteiger partial charge in [-0.2, -0.15) is 8.78 Å². The summed E-state index contributed by atoms with van der Waals surface area (Å²) in [6.07, 6.45) is -1.09. The number of rotatable bonds is 6. The SMILES string of the molecule is COC(=O)[C@@H]1C[C@@H](OC(F)F)CN1C(=O)CNC(=O)c1ccc2c(c1)sc1ccccc12. The van der Waals surface area contributed by atoms with Crippen molar-refractivity contribution in [3.8, 4) is 0 Å². The number of methoxy groups -OCH3 is 1. The molecule has 2 amide bonds. The molecule has 168 valence electrons. The maximum atomic E-state index is 12.6. The van der Waals surface area contributed by atoms with E-state index in [-0.39, 0.29) is 13.0 Å². The lowest BCUT2D eigenvalue weighted by Crippen LogP contribution is -2.46. The summed E-state index contributed by atoms with van der Waals surface area (Å²) in [5, 5.41) is 4.69. The minimum atomic E-state index is -3.02. The Bertz CT molecular complexity index is 1180. The van der Waals surface area contributed by atoms with Gasteiger partial charge in [0.2, 0.25) is 5.91 Å². The molecule has 1 aliphatic heterocycles. The Kier molecular flexibility index (Phi) is 6.33. The van der Waals surface area contributed by atoms with Crippen LogP contribution >= 0.6 is 11.3 Å². The zero-order chi connectivity index (χ0) is 22.8. The second-order valence-electron chi connectivity index (χ2n) is 7.33. The molecule has 4 rings (SSSR count). The van der Waals surface area contributed by atoms with Crippen molar-refractivity contribution in [3.05, 3.63) is 48.0 Å². The summed E-state index contributed by atoms with van der Waals surface area (Å²) in [5.41, 5.74) is 0.390. The van der Waals surface area contributed by atoms with E-state index in [9.17, 15) is 23.2 Å². The van der Waals surface area contributed by atoms with E-state index in [2.05, 4.69) is 14.8 Å². The Morgan fingerprint density at radius 2 is 1.91 bits per heavy atom. The summed E-state index contributed by atoms with van der Waals surface area (Å²) in [5.74, 6) is -1.76. The number of ether oxygens (including phenoxy) is 2. The molecule has 0 bridgehead atoms. The maximum absolute atomic E-state index is 12.6. The molecule has 1 N–H and O–H groups in total. The molecular weight excluding hydrogens is 442 g/mol. The number of nitrogens with zero attached hydrogens (tertiary/aromatic N) is 1. The van der Waals surface area contributed by atoms with Crippen molar-refractivity contribution in [1.29, 1.82) is 0 Å². The molecule has 1 fully saturated rings. The number of amides is 2. The summed E-state index contributed by atoms with van der Waals surface area (Å²) in [7, 11) is 1.15. The van der Waals surface area contributed by atoms with Gasteiger partial charge < -0.3 is 19.7 Å². The number of nitrogens with one attached hydrogen (secondary N) is 1. The summed E-state index contributed by atoms with van der Waals surface area (Å²) < 4.78 is 36.3. The molecule has 1 aromatic heterocycles. The largest absolute Gasteiger partial charge is 0.467 e. The highest BCUT2D eigenvalue weighted by Gasteiger charge is 2.41. The fraction of sp³-hybridized carbons (Fsp3) is 0.318. The van der Waals surface area contributed by atoms with Crippen LogP contribution in [0, 0.1) is 0 Å². The van der Waals surface area contributed by atoms with Gasteiger partial charge in [-0.1, -0.05) is 24.3 Å². The maximum Gasteiger partial charge on any atom is 0.345 e. The van der Waals surface area contributed by atoms with Crippen molar-refractivity contribution in [2.45, 2.75) is 25.2 Å². The number of hydrogen-bond acceptors (Lipinski definition) is 6. The molecule has 0 unspecified atom stereocenters. The molecule has 2 atom stereocenters. The molecule has 7 nitrogen and oxygen atoms in total. The summed E-state index contributed by atoms with van der Waals surface area (Å²) in [6, 6.07) is 12.2. The molecular formula is C22H20F2N2O5S. The average molecular weight is 462 g/mol. The fourth-order valence-electron chi connectivity index (χ4n) is 3.90. The Morgan fingerprint density at radius 1 is 1.16 bits per heavy atom. The zero-order valence-corrected chi connectivity index (χ0v) is 17.9. The lowest BCUT2D eigenvalue weighted by atomic mass is 10.1. The first kappa shape index (κ1) is 22.1. The third kappa shape index (κ3) is 4.42. The molecule has 10 heteroatoms. The second kappa shape index (κ2) is 9.17. The monoisotopic (exact) mass is 462 g/mol. The molecule has 0 aliphatic carbocycles. The van der Waals surface area contributed by atoms with Gasteiger partial charge >= 0.3 is 12.6 Å². The van der Waals surface area contributed by atoms with E-state index in [1.165, 1.54) is 0 Å². The van der Waals surface area contributed by atoms with E-state index in [0.29, 0.717) is 5.56 Å². The number of carbonyl (C=O) groups is 3. The number of halogens is 2. The van der Waals surface area contributed by atoms with Crippen molar-refractivity contribution in [2.75, 3.05) is 20.2 Å². The van der Waals surface area contributed by atoms with E-state index in [4.69, 9.17) is 0 Å². The van der Waals surface area contributed by atoms with Gasteiger partial charge in [-0.15, -0.1) is 11.3 Å². The molecule has 1 saturated heterocycles. The molecule has 2 heterocycles. The first-order chi connectivity index (χ1) is 15.4. The number of fused-ring (bicyclic) bond motifs is 3. The zero-order valence-electron chi connectivity index (χ0n) is 17.0. The summed E-state index contributed by atoms with van der Waals surface area (Å²) in [4.78, 5) is 38.3. The van der Waals surface area contributed by atoms with Crippen LogP contribution < -0.4 is 5.32 Å². The lowest BCUT2D eigenvalue weighted by molar-refractivity contribution is -0.160. The van der Waals surface area contributed by atoms with Crippen molar-refractivity contribution in [2.24, 2.45) is 0 Å². The van der Waals surface area contributed by atoms with Crippen LogP contribution in [0.1, 0.15) is 16.8 Å². The number of likely N-dealkylation sites (tertiary alicyclic amines) is 1. The number of esters is 1. The van der Waals surface area contributed by atoms with E-state index < -0.39 is 43.1 Å². The molecule has 32 heavy (non-hydrogen) atoms. The third-order valence-corrected chi connectivity index (χ3v) is 6.53. The number of alkyl halides is 2. The Balaban J connectivity index is 1.44. The molecule has 1 aliphatic rings. The lowest BCUT2D eigenvalue weighted by Gasteiger charge is -2.22. The highest BCUT2D eigenvalue weighted by atomic mass is 32.1. The summed E-state index contributed by atoms with van der Waals surface area (Å²) in [6.45, 7) is -3.60.